The van der Waals surface area contributed by atoms with Gasteiger partial charge in [0.25, 0.3) is 0 Å². The SMILES string of the molecule is CC(C)NCc1nnc(N(C)Cc2ccccn2)o1. The molecule has 0 aromatic carbocycles. The number of nitrogens with zero attached hydrogens (tertiary/aromatic N) is 4. The van der Waals surface area contributed by atoms with Crippen molar-refractivity contribution in [3.8, 4) is 0 Å². The maximum Gasteiger partial charge on any atom is 0.318 e. The minimum Gasteiger partial charge on any atom is -0.407 e. The van der Waals surface area contributed by atoms with Crippen LogP contribution in [0.25, 0.3) is 0 Å². The lowest BCUT2D eigenvalue weighted by Gasteiger charge is -2.12. The molecule has 0 saturated carbocycles. The van der Waals surface area contributed by atoms with Crippen LogP contribution in [0.1, 0.15) is 25.4 Å². The molecule has 2 rings (SSSR count). The van der Waals surface area contributed by atoms with Gasteiger partial charge in [0.15, 0.2) is 0 Å². The molecule has 0 radical (unpaired) electrons. The Morgan fingerprint density at radius 1 is 1.32 bits per heavy atom. The van der Waals surface area contributed by atoms with E-state index in [1.165, 1.54) is 0 Å². The van der Waals surface area contributed by atoms with Crippen LogP contribution in [0.15, 0.2) is 28.8 Å². The monoisotopic (exact) mass is 261 g/mol. The predicted molar refractivity (Wildman–Crippen MR) is 72.6 cm³/mol. The molecule has 6 heteroatoms. The molecule has 2 aromatic heterocycles. The number of hydrogen-bond donors (Lipinski definition) is 1. The minimum atomic E-state index is 0.390. The average Bonchev–Trinajstić information content (AvgIpc) is 2.86. The summed E-state index contributed by atoms with van der Waals surface area (Å²) in [5, 5.41) is 11.3. The zero-order chi connectivity index (χ0) is 13.7. The van der Waals surface area contributed by atoms with Crippen LogP contribution in [0.5, 0.6) is 0 Å². The second-order valence-electron chi connectivity index (χ2n) is 4.69. The lowest BCUT2D eigenvalue weighted by atomic mass is 10.3. The predicted octanol–water partition coefficient (Wildman–Crippen LogP) is 1.60. The normalized spacial score (nSPS) is 10.9. The van der Waals surface area contributed by atoms with Crippen molar-refractivity contribution in [3.05, 3.63) is 36.0 Å². The maximum atomic E-state index is 5.58. The number of rotatable bonds is 6. The standard InChI is InChI=1S/C13H19N5O/c1-10(2)15-8-12-16-17-13(19-12)18(3)9-11-6-4-5-7-14-11/h4-7,10,15H,8-9H2,1-3H3. The van der Waals surface area contributed by atoms with Gasteiger partial charge >= 0.3 is 6.01 Å². The first-order valence-corrected chi connectivity index (χ1v) is 6.32. The second-order valence-corrected chi connectivity index (χ2v) is 4.69. The van der Waals surface area contributed by atoms with Crippen LogP contribution in [0.4, 0.5) is 6.01 Å². The highest BCUT2D eigenvalue weighted by Crippen LogP contribution is 2.12. The second kappa shape index (κ2) is 6.29. The number of hydrogen-bond acceptors (Lipinski definition) is 6. The minimum absolute atomic E-state index is 0.390. The number of aromatic nitrogens is 3. The third-order valence-electron chi connectivity index (χ3n) is 2.57. The molecule has 0 spiro atoms. The fraction of sp³-hybridized carbons (Fsp3) is 0.462. The van der Waals surface area contributed by atoms with E-state index in [9.17, 15) is 0 Å². The number of pyridine rings is 1. The van der Waals surface area contributed by atoms with E-state index in [4.69, 9.17) is 4.42 Å². The van der Waals surface area contributed by atoms with Crippen molar-refractivity contribution >= 4 is 6.01 Å². The zero-order valence-corrected chi connectivity index (χ0v) is 11.5. The van der Waals surface area contributed by atoms with Crippen molar-refractivity contribution in [2.24, 2.45) is 0 Å². The highest BCUT2D eigenvalue weighted by atomic mass is 16.4. The van der Waals surface area contributed by atoms with Gasteiger partial charge in [-0.3, -0.25) is 4.98 Å². The van der Waals surface area contributed by atoms with E-state index < -0.39 is 0 Å². The summed E-state index contributed by atoms with van der Waals surface area (Å²) in [6.45, 7) is 5.37. The lowest BCUT2D eigenvalue weighted by molar-refractivity contribution is 0.449. The molecule has 102 valence electrons. The van der Waals surface area contributed by atoms with Gasteiger partial charge in [-0.2, -0.15) is 0 Å². The van der Waals surface area contributed by atoms with Crippen molar-refractivity contribution in [2.75, 3.05) is 11.9 Å². The number of nitrogens with one attached hydrogen (secondary N) is 1. The lowest BCUT2D eigenvalue weighted by Crippen LogP contribution is -2.22. The highest BCUT2D eigenvalue weighted by molar-refractivity contribution is 5.24. The van der Waals surface area contributed by atoms with E-state index in [1.54, 1.807) is 6.20 Å². The Morgan fingerprint density at radius 2 is 2.16 bits per heavy atom. The van der Waals surface area contributed by atoms with Gasteiger partial charge in [0, 0.05) is 19.3 Å². The zero-order valence-electron chi connectivity index (χ0n) is 11.5. The largest absolute Gasteiger partial charge is 0.407 e. The van der Waals surface area contributed by atoms with Crippen LogP contribution in [0.3, 0.4) is 0 Å². The van der Waals surface area contributed by atoms with Crippen LogP contribution >= 0.6 is 0 Å². The summed E-state index contributed by atoms with van der Waals surface area (Å²) in [5.41, 5.74) is 0.963. The molecule has 0 amide bonds. The van der Waals surface area contributed by atoms with Gasteiger partial charge in [-0.25, -0.2) is 0 Å². The highest BCUT2D eigenvalue weighted by Gasteiger charge is 2.11. The molecule has 0 aliphatic heterocycles. The summed E-state index contributed by atoms with van der Waals surface area (Å²) in [6, 6.07) is 6.72. The van der Waals surface area contributed by atoms with E-state index in [2.05, 4.69) is 34.3 Å². The van der Waals surface area contributed by atoms with Crippen LogP contribution in [0, 0.1) is 0 Å². The Hall–Kier alpha value is -1.95. The molecule has 1 N–H and O–H groups in total. The van der Waals surface area contributed by atoms with E-state index >= 15 is 0 Å². The molecular weight excluding hydrogens is 242 g/mol. The summed E-state index contributed by atoms with van der Waals surface area (Å²) in [6.07, 6.45) is 1.77. The van der Waals surface area contributed by atoms with Gasteiger partial charge in [0.2, 0.25) is 5.89 Å². The Labute approximate surface area is 112 Å². The molecule has 0 atom stereocenters. The fourth-order valence-electron chi connectivity index (χ4n) is 1.56. The van der Waals surface area contributed by atoms with Crippen LogP contribution in [-0.4, -0.2) is 28.3 Å². The molecule has 6 nitrogen and oxygen atoms in total. The Morgan fingerprint density at radius 3 is 2.84 bits per heavy atom. The smallest absolute Gasteiger partial charge is 0.318 e. The third kappa shape index (κ3) is 4.03. The van der Waals surface area contributed by atoms with Crippen molar-refractivity contribution in [3.63, 3.8) is 0 Å². The summed E-state index contributed by atoms with van der Waals surface area (Å²) in [5.74, 6) is 0.594. The summed E-state index contributed by atoms with van der Waals surface area (Å²) >= 11 is 0. The molecule has 0 aliphatic rings. The van der Waals surface area contributed by atoms with E-state index in [0.29, 0.717) is 31.0 Å². The fourth-order valence-corrected chi connectivity index (χ4v) is 1.56. The van der Waals surface area contributed by atoms with Crippen molar-refractivity contribution in [1.29, 1.82) is 0 Å². The van der Waals surface area contributed by atoms with Crippen LogP contribution in [-0.2, 0) is 13.1 Å². The van der Waals surface area contributed by atoms with E-state index in [-0.39, 0.29) is 0 Å². The molecule has 0 saturated heterocycles. The van der Waals surface area contributed by atoms with E-state index in [0.717, 1.165) is 5.69 Å². The molecule has 0 fully saturated rings. The molecule has 0 aliphatic carbocycles. The van der Waals surface area contributed by atoms with Gasteiger partial charge in [-0.15, -0.1) is 5.10 Å². The van der Waals surface area contributed by atoms with Gasteiger partial charge in [0.1, 0.15) is 0 Å². The van der Waals surface area contributed by atoms with Gasteiger partial charge < -0.3 is 14.6 Å². The van der Waals surface area contributed by atoms with Gasteiger partial charge in [-0.1, -0.05) is 25.0 Å². The van der Waals surface area contributed by atoms with Crippen LogP contribution in [0.2, 0.25) is 0 Å². The number of anilines is 1. The van der Waals surface area contributed by atoms with Crippen molar-refractivity contribution < 1.29 is 4.42 Å². The van der Waals surface area contributed by atoms with Crippen molar-refractivity contribution in [2.45, 2.75) is 33.0 Å². The molecule has 19 heavy (non-hydrogen) atoms. The van der Waals surface area contributed by atoms with Gasteiger partial charge in [-0.05, 0) is 12.1 Å². The topological polar surface area (TPSA) is 67.1 Å². The molecular formula is C13H19N5O. The first kappa shape index (κ1) is 13.5. The first-order valence-electron chi connectivity index (χ1n) is 6.32. The van der Waals surface area contributed by atoms with E-state index in [1.807, 2.05) is 30.1 Å². The Kier molecular flexibility index (Phi) is 4.46. The third-order valence-corrected chi connectivity index (χ3v) is 2.57. The summed E-state index contributed by atoms with van der Waals surface area (Å²) < 4.78 is 5.58. The van der Waals surface area contributed by atoms with Crippen LogP contribution < -0.4 is 10.2 Å². The Balaban J connectivity index is 1.94. The maximum absolute atomic E-state index is 5.58. The molecule has 2 aromatic rings. The average molecular weight is 261 g/mol. The first-order chi connectivity index (χ1) is 9.15. The van der Waals surface area contributed by atoms with Crippen molar-refractivity contribution in [1.82, 2.24) is 20.5 Å². The summed E-state index contributed by atoms with van der Waals surface area (Å²) in [7, 11) is 1.90. The molecule has 0 bridgehead atoms. The molecule has 0 unspecified atom stereocenters. The summed E-state index contributed by atoms with van der Waals surface area (Å²) in [4.78, 5) is 6.15. The quantitative estimate of drug-likeness (QED) is 0.852. The Bertz CT molecular complexity index is 497. The molecule has 2 heterocycles. The van der Waals surface area contributed by atoms with Gasteiger partial charge in [0.05, 0.1) is 18.8 Å².